The van der Waals surface area contributed by atoms with E-state index in [1.54, 1.807) is 19.2 Å². The number of carboxylic acid groups (broad SMARTS) is 1. The van der Waals surface area contributed by atoms with Gasteiger partial charge in [0.05, 0.1) is 12.3 Å². The molecule has 0 saturated heterocycles. The Kier molecular flexibility index (Phi) is 6.20. The van der Waals surface area contributed by atoms with Crippen LogP contribution in [0, 0.1) is 11.2 Å². The van der Waals surface area contributed by atoms with Crippen LogP contribution in [-0.2, 0) is 4.74 Å². The molecule has 5 rings (SSSR count). The van der Waals surface area contributed by atoms with E-state index in [9.17, 15) is 19.1 Å². The summed E-state index contributed by atoms with van der Waals surface area (Å²) in [4.78, 5) is 24.6. The molecular weight excluding hydrogens is 461 g/mol. The van der Waals surface area contributed by atoms with Crippen LogP contribution in [0.25, 0.3) is 22.4 Å². The molecular formula is C29H30FNO5. The fourth-order valence-corrected chi connectivity index (χ4v) is 5.91. The zero-order chi connectivity index (χ0) is 25.6. The number of halogens is 1. The number of nitrogens with zero attached hydrogens (tertiary/aromatic N) is 1. The minimum Gasteiger partial charge on any atom is -0.493 e. The molecule has 2 atom stereocenters. The maximum Gasteiger partial charge on any atom is 0.341 e. The van der Waals surface area contributed by atoms with Crippen molar-refractivity contribution in [3.63, 3.8) is 0 Å². The molecule has 2 aromatic carbocycles. The van der Waals surface area contributed by atoms with Crippen molar-refractivity contribution < 1.29 is 23.8 Å². The monoisotopic (exact) mass is 491 g/mol. The van der Waals surface area contributed by atoms with Gasteiger partial charge in [0.2, 0.25) is 0 Å². The van der Waals surface area contributed by atoms with Crippen LogP contribution in [0.4, 0.5) is 4.39 Å². The summed E-state index contributed by atoms with van der Waals surface area (Å²) in [6.45, 7) is 5.44. The Bertz CT molecular complexity index is 1380. The molecule has 1 aliphatic heterocycles. The first-order chi connectivity index (χ1) is 17.2. The van der Waals surface area contributed by atoms with E-state index in [4.69, 9.17) is 9.47 Å². The Labute approximate surface area is 209 Å². The molecule has 1 unspecified atom stereocenters. The van der Waals surface area contributed by atoms with Crippen LogP contribution in [0.3, 0.4) is 0 Å². The molecule has 1 N–H and O–H groups in total. The third-order valence-corrected chi connectivity index (χ3v) is 7.62. The first kappa shape index (κ1) is 24.3. The lowest BCUT2D eigenvalue weighted by Gasteiger charge is -2.40. The van der Waals surface area contributed by atoms with Gasteiger partial charge in [0.15, 0.2) is 5.43 Å². The minimum absolute atomic E-state index is 0.0108. The van der Waals surface area contributed by atoms with Crippen LogP contribution in [0.5, 0.6) is 5.75 Å². The lowest BCUT2D eigenvalue weighted by Crippen LogP contribution is -2.32. The lowest BCUT2D eigenvalue weighted by molar-refractivity contribution is 0.0693. The van der Waals surface area contributed by atoms with E-state index in [-0.39, 0.29) is 28.8 Å². The zero-order valence-electron chi connectivity index (χ0n) is 20.7. The van der Waals surface area contributed by atoms with Gasteiger partial charge in [-0.2, -0.15) is 0 Å². The molecule has 1 fully saturated rings. The first-order valence-electron chi connectivity index (χ1n) is 12.3. The van der Waals surface area contributed by atoms with Crippen molar-refractivity contribution >= 4 is 5.97 Å². The predicted octanol–water partition coefficient (Wildman–Crippen LogP) is 5.89. The zero-order valence-corrected chi connectivity index (χ0v) is 20.7. The summed E-state index contributed by atoms with van der Waals surface area (Å²) in [5, 5.41) is 9.64. The second-order valence-electron chi connectivity index (χ2n) is 10.4. The van der Waals surface area contributed by atoms with E-state index in [1.807, 2.05) is 10.6 Å². The number of fused-ring (bicyclic) bond motifs is 6. The summed E-state index contributed by atoms with van der Waals surface area (Å²) >= 11 is 0. The quantitative estimate of drug-likeness (QED) is 0.417. The molecule has 2 heterocycles. The van der Waals surface area contributed by atoms with Crippen molar-refractivity contribution in [2.45, 2.75) is 45.1 Å². The van der Waals surface area contributed by atoms with Gasteiger partial charge in [-0.15, -0.1) is 0 Å². The van der Waals surface area contributed by atoms with Gasteiger partial charge < -0.3 is 19.1 Å². The van der Waals surface area contributed by atoms with Gasteiger partial charge in [-0.25, -0.2) is 9.18 Å². The van der Waals surface area contributed by atoms with Gasteiger partial charge in [-0.05, 0) is 53.6 Å². The largest absolute Gasteiger partial charge is 0.493 e. The van der Waals surface area contributed by atoms with Crippen molar-refractivity contribution in [2.24, 2.45) is 5.41 Å². The highest BCUT2D eigenvalue weighted by molar-refractivity contribution is 5.88. The number of ether oxygens (including phenoxy) is 2. The van der Waals surface area contributed by atoms with Gasteiger partial charge in [0, 0.05) is 55.5 Å². The normalized spacial score (nSPS) is 19.3. The molecule has 0 spiro atoms. The number of methoxy groups -OCH3 is 1. The van der Waals surface area contributed by atoms with Crippen LogP contribution >= 0.6 is 0 Å². The number of pyridine rings is 1. The van der Waals surface area contributed by atoms with E-state index in [0.717, 1.165) is 41.5 Å². The Morgan fingerprint density at radius 2 is 1.89 bits per heavy atom. The topological polar surface area (TPSA) is 77.8 Å². The molecule has 36 heavy (non-hydrogen) atoms. The van der Waals surface area contributed by atoms with Crippen molar-refractivity contribution in [3.8, 4) is 28.1 Å². The van der Waals surface area contributed by atoms with Crippen LogP contribution < -0.4 is 10.2 Å². The average Bonchev–Trinajstić information content (AvgIpc) is 3.17. The number of aromatic nitrogens is 1. The molecule has 6 nitrogen and oxygen atoms in total. The third-order valence-electron chi connectivity index (χ3n) is 7.62. The second kappa shape index (κ2) is 9.21. The highest BCUT2D eigenvalue weighted by Crippen LogP contribution is 2.59. The number of carbonyl (C=O) groups is 1. The predicted molar refractivity (Wildman–Crippen MR) is 135 cm³/mol. The molecule has 2 aliphatic rings. The molecule has 188 valence electrons. The summed E-state index contributed by atoms with van der Waals surface area (Å²) < 4.78 is 27.1. The van der Waals surface area contributed by atoms with Crippen molar-refractivity contribution in [2.75, 3.05) is 20.3 Å². The molecule has 0 amide bonds. The van der Waals surface area contributed by atoms with Gasteiger partial charge in [0.1, 0.15) is 17.1 Å². The van der Waals surface area contributed by atoms with Crippen LogP contribution in [-0.4, -0.2) is 36.0 Å². The molecule has 1 aromatic heterocycles. The average molecular weight is 492 g/mol. The van der Waals surface area contributed by atoms with Gasteiger partial charge in [-0.3, -0.25) is 4.79 Å². The summed E-state index contributed by atoms with van der Waals surface area (Å²) in [6.07, 6.45) is 4.16. The van der Waals surface area contributed by atoms with Gasteiger partial charge >= 0.3 is 5.97 Å². The third kappa shape index (κ3) is 4.11. The molecule has 1 saturated carbocycles. The highest BCUT2D eigenvalue weighted by atomic mass is 19.1. The summed E-state index contributed by atoms with van der Waals surface area (Å²) in [5.41, 5.74) is 3.45. The number of benzene rings is 2. The Morgan fingerprint density at radius 1 is 1.14 bits per heavy atom. The van der Waals surface area contributed by atoms with Crippen molar-refractivity contribution in [1.82, 2.24) is 4.57 Å². The first-order valence-corrected chi connectivity index (χ1v) is 12.3. The number of carboxylic acids is 1. The van der Waals surface area contributed by atoms with E-state index >= 15 is 0 Å². The molecule has 0 bridgehead atoms. The smallest absolute Gasteiger partial charge is 0.341 e. The molecule has 1 aliphatic carbocycles. The van der Waals surface area contributed by atoms with Crippen LogP contribution in [0.1, 0.15) is 61.0 Å². The van der Waals surface area contributed by atoms with Crippen LogP contribution in [0.15, 0.2) is 53.5 Å². The van der Waals surface area contributed by atoms with E-state index < -0.39 is 11.4 Å². The van der Waals surface area contributed by atoms with E-state index in [0.29, 0.717) is 24.7 Å². The van der Waals surface area contributed by atoms with Crippen molar-refractivity contribution in [3.05, 3.63) is 75.8 Å². The standard InChI is InChI=1S/C29H30FNO5/c1-29(2)10-9-19-21-14-26(36-12-4-11-35-3)20(17-5-7-18(30)8-6-17)13-22(21)24-15-25(32)23(28(33)34)16-31(24)27(19)29/h5-8,13-16,19,27H,4,9-12H2,1-3H3,(H,33,34)/t19-,27?/m1/s1. The van der Waals surface area contributed by atoms with Gasteiger partial charge in [0.25, 0.3) is 0 Å². The molecule has 7 heteroatoms. The number of hydrogen-bond acceptors (Lipinski definition) is 4. The fourth-order valence-electron chi connectivity index (χ4n) is 5.91. The molecule has 3 aromatic rings. The summed E-state index contributed by atoms with van der Waals surface area (Å²) in [7, 11) is 1.65. The summed E-state index contributed by atoms with van der Waals surface area (Å²) in [5.74, 6) is -0.693. The van der Waals surface area contributed by atoms with E-state index in [2.05, 4.69) is 19.9 Å². The second-order valence-corrected chi connectivity index (χ2v) is 10.4. The van der Waals surface area contributed by atoms with Crippen molar-refractivity contribution in [1.29, 1.82) is 0 Å². The number of hydrogen-bond donors (Lipinski definition) is 1. The van der Waals surface area contributed by atoms with E-state index in [1.165, 1.54) is 24.4 Å². The number of aromatic carboxylic acids is 1. The SMILES string of the molecule is COCCCOc1cc2c(cc1-c1ccc(F)cc1)-c1cc(=O)c(C(=O)O)cn1C1[C@@H]2CCC1(C)C. The van der Waals surface area contributed by atoms with Gasteiger partial charge in [-0.1, -0.05) is 26.0 Å². The maximum absolute atomic E-state index is 13.7. The highest BCUT2D eigenvalue weighted by Gasteiger charge is 2.47. The Hall–Kier alpha value is -3.45. The molecule has 0 radical (unpaired) electrons. The summed E-state index contributed by atoms with van der Waals surface area (Å²) in [6, 6.07) is 11.8. The fraction of sp³-hybridized carbons (Fsp3) is 0.379. The minimum atomic E-state index is -1.22. The Balaban J connectivity index is 1.73. The lowest BCUT2D eigenvalue weighted by atomic mass is 9.77. The Morgan fingerprint density at radius 3 is 2.58 bits per heavy atom. The van der Waals surface area contributed by atoms with Crippen LogP contribution in [0.2, 0.25) is 0 Å². The number of rotatable bonds is 7. The maximum atomic E-state index is 13.7.